The Bertz CT molecular complexity index is 95.7. The standard InChI is InChI=1S/C5H11NO2.CH4S/c1-4(2)6(8)5(3)7;1-2/h4,8H,1-3H3;2H,1H3. The Morgan fingerprint density at radius 2 is 1.80 bits per heavy atom. The number of nitrogens with zero attached hydrogens (tertiary/aromatic N) is 1. The predicted molar refractivity (Wildman–Crippen MR) is 44.4 cm³/mol. The molecule has 0 aliphatic heterocycles. The summed E-state index contributed by atoms with van der Waals surface area (Å²) in [5.74, 6) is -0.319. The summed E-state index contributed by atoms with van der Waals surface area (Å²) in [7, 11) is 0. The molecule has 0 aromatic rings. The van der Waals surface area contributed by atoms with Gasteiger partial charge in [-0.3, -0.25) is 10.0 Å². The monoisotopic (exact) mass is 165 g/mol. The number of carbonyl (C=O) groups is 1. The van der Waals surface area contributed by atoms with E-state index in [2.05, 4.69) is 12.6 Å². The van der Waals surface area contributed by atoms with E-state index in [1.165, 1.54) is 6.92 Å². The first-order valence-electron chi connectivity index (χ1n) is 2.99. The lowest BCUT2D eigenvalue weighted by molar-refractivity contribution is -0.170. The van der Waals surface area contributed by atoms with E-state index in [4.69, 9.17) is 5.21 Å². The van der Waals surface area contributed by atoms with E-state index in [0.717, 1.165) is 0 Å². The minimum Gasteiger partial charge on any atom is -0.286 e. The molecule has 0 atom stereocenters. The van der Waals surface area contributed by atoms with Crippen LogP contribution in [-0.2, 0) is 4.79 Å². The summed E-state index contributed by atoms with van der Waals surface area (Å²) in [4.78, 5) is 10.3. The van der Waals surface area contributed by atoms with Gasteiger partial charge >= 0.3 is 0 Å². The van der Waals surface area contributed by atoms with Crippen LogP contribution in [0.15, 0.2) is 0 Å². The highest BCUT2D eigenvalue weighted by molar-refractivity contribution is 7.79. The van der Waals surface area contributed by atoms with Crippen molar-refractivity contribution in [2.45, 2.75) is 26.8 Å². The number of rotatable bonds is 1. The van der Waals surface area contributed by atoms with Crippen LogP contribution in [-0.4, -0.2) is 28.5 Å². The molecule has 0 unspecified atom stereocenters. The lowest BCUT2D eigenvalue weighted by Gasteiger charge is -2.15. The fourth-order valence-electron chi connectivity index (χ4n) is 0.364. The second kappa shape index (κ2) is 6.89. The van der Waals surface area contributed by atoms with Crippen molar-refractivity contribution < 1.29 is 10.0 Å². The predicted octanol–water partition coefficient (Wildman–Crippen LogP) is 1.18. The third-order valence-electron chi connectivity index (χ3n) is 0.812. The summed E-state index contributed by atoms with van der Waals surface area (Å²) in [5, 5.41) is 9.38. The average molecular weight is 165 g/mol. The maximum absolute atomic E-state index is 10.3. The molecule has 0 spiro atoms. The number of hydrogen-bond acceptors (Lipinski definition) is 3. The van der Waals surface area contributed by atoms with E-state index in [0.29, 0.717) is 5.06 Å². The zero-order chi connectivity index (χ0) is 8.73. The highest BCUT2D eigenvalue weighted by Gasteiger charge is 2.06. The molecule has 0 saturated carbocycles. The Balaban J connectivity index is 0. The molecule has 4 heteroatoms. The highest BCUT2D eigenvalue weighted by Crippen LogP contribution is 1.91. The van der Waals surface area contributed by atoms with Crippen molar-refractivity contribution in [2.75, 3.05) is 6.26 Å². The lowest BCUT2D eigenvalue weighted by atomic mass is 10.4. The zero-order valence-electron chi connectivity index (χ0n) is 6.83. The molecule has 0 aromatic carbocycles. The van der Waals surface area contributed by atoms with E-state index in [-0.39, 0.29) is 11.9 Å². The first kappa shape index (κ1) is 12.5. The van der Waals surface area contributed by atoms with Crippen molar-refractivity contribution in [1.29, 1.82) is 0 Å². The van der Waals surface area contributed by atoms with Gasteiger partial charge in [0.25, 0.3) is 0 Å². The molecule has 0 saturated heterocycles. The van der Waals surface area contributed by atoms with E-state index in [1.807, 2.05) is 0 Å². The highest BCUT2D eigenvalue weighted by atomic mass is 32.1. The van der Waals surface area contributed by atoms with Gasteiger partial charge in [0.1, 0.15) is 0 Å². The van der Waals surface area contributed by atoms with Crippen LogP contribution in [0.4, 0.5) is 0 Å². The van der Waals surface area contributed by atoms with Crippen molar-refractivity contribution in [3.8, 4) is 0 Å². The van der Waals surface area contributed by atoms with Crippen LogP contribution in [0.2, 0.25) is 0 Å². The molecular formula is C6H15NO2S. The molecule has 0 rings (SSSR count). The third-order valence-corrected chi connectivity index (χ3v) is 0.812. The van der Waals surface area contributed by atoms with Gasteiger partial charge in [-0.1, -0.05) is 0 Å². The smallest absolute Gasteiger partial charge is 0.243 e. The summed E-state index contributed by atoms with van der Waals surface area (Å²) < 4.78 is 0. The van der Waals surface area contributed by atoms with Gasteiger partial charge in [-0.15, -0.1) is 0 Å². The molecule has 0 aliphatic carbocycles. The van der Waals surface area contributed by atoms with Crippen molar-refractivity contribution in [1.82, 2.24) is 5.06 Å². The van der Waals surface area contributed by atoms with Gasteiger partial charge in [-0.25, -0.2) is 5.06 Å². The molecule has 1 amide bonds. The van der Waals surface area contributed by atoms with Crippen LogP contribution in [0.5, 0.6) is 0 Å². The van der Waals surface area contributed by atoms with Crippen molar-refractivity contribution in [3.63, 3.8) is 0 Å². The third kappa shape index (κ3) is 5.91. The number of amides is 1. The van der Waals surface area contributed by atoms with Gasteiger partial charge in [-0.05, 0) is 20.1 Å². The van der Waals surface area contributed by atoms with Gasteiger partial charge in [0.15, 0.2) is 0 Å². The normalized spacial score (nSPS) is 8.30. The van der Waals surface area contributed by atoms with E-state index < -0.39 is 0 Å². The first-order chi connectivity index (χ1) is 4.55. The van der Waals surface area contributed by atoms with E-state index in [1.54, 1.807) is 20.1 Å². The van der Waals surface area contributed by atoms with Crippen molar-refractivity contribution >= 4 is 18.5 Å². The Morgan fingerprint density at radius 1 is 1.50 bits per heavy atom. The Labute approximate surface area is 67.4 Å². The molecular weight excluding hydrogens is 150 g/mol. The van der Waals surface area contributed by atoms with Gasteiger partial charge in [0, 0.05) is 6.92 Å². The maximum Gasteiger partial charge on any atom is 0.243 e. The minimum atomic E-state index is -0.319. The topological polar surface area (TPSA) is 40.5 Å². The SMILES string of the molecule is CC(=O)N(O)C(C)C.CS. The summed E-state index contributed by atoms with van der Waals surface area (Å²) in [6, 6.07) is -0.118. The lowest BCUT2D eigenvalue weighted by Crippen LogP contribution is -2.31. The number of hydroxylamine groups is 2. The van der Waals surface area contributed by atoms with E-state index >= 15 is 0 Å². The van der Waals surface area contributed by atoms with E-state index in [9.17, 15) is 4.79 Å². The molecule has 10 heavy (non-hydrogen) atoms. The quantitative estimate of drug-likeness (QED) is 0.348. The molecule has 0 bridgehead atoms. The summed E-state index contributed by atoms with van der Waals surface area (Å²) in [6.45, 7) is 4.79. The van der Waals surface area contributed by atoms with Crippen LogP contribution in [0.25, 0.3) is 0 Å². The van der Waals surface area contributed by atoms with Crippen molar-refractivity contribution in [2.24, 2.45) is 0 Å². The van der Waals surface area contributed by atoms with Gasteiger partial charge in [-0.2, -0.15) is 12.6 Å². The maximum atomic E-state index is 10.3. The van der Waals surface area contributed by atoms with Gasteiger partial charge in [0.05, 0.1) is 6.04 Å². The summed E-state index contributed by atoms with van der Waals surface area (Å²) in [5.41, 5.74) is 0. The second-order valence-corrected chi connectivity index (χ2v) is 1.96. The Morgan fingerprint density at radius 3 is 1.80 bits per heavy atom. The average Bonchev–Trinajstić information content (AvgIpc) is 1.90. The van der Waals surface area contributed by atoms with Crippen LogP contribution < -0.4 is 0 Å². The van der Waals surface area contributed by atoms with Gasteiger partial charge in [0.2, 0.25) is 5.91 Å². The molecule has 1 N–H and O–H groups in total. The molecule has 0 aliphatic rings. The first-order valence-corrected chi connectivity index (χ1v) is 3.88. The Kier molecular flexibility index (Phi) is 8.59. The Hall–Kier alpha value is -0.220. The van der Waals surface area contributed by atoms with Crippen LogP contribution >= 0.6 is 12.6 Å². The molecule has 3 nitrogen and oxygen atoms in total. The molecule has 0 heterocycles. The number of hydrogen-bond donors (Lipinski definition) is 2. The van der Waals surface area contributed by atoms with Gasteiger partial charge < -0.3 is 0 Å². The summed E-state index contributed by atoms with van der Waals surface area (Å²) >= 11 is 3.53. The fraction of sp³-hybridized carbons (Fsp3) is 0.833. The van der Waals surface area contributed by atoms with Crippen LogP contribution in [0.3, 0.4) is 0 Å². The minimum absolute atomic E-state index is 0.118. The largest absolute Gasteiger partial charge is 0.286 e. The van der Waals surface area contributed by atoms with Crippen molar-refractivity contribution in [3.05, 3.63) is 0 Å². The molecule has 62 valence electrons. The number of carbonyl (C=O) groups excluding carboxylic acids is 1. The number of thiol groups is 1. The molecule has 0 aromatic heterocycles. The summed E-state index contributed by atoms with van der Waals surface area (Å²) in [6.07, 6.45) is 1.69. The second-order valence-electron chi connectivity index (χ2n) is 1.96. The van der Waals surface area contributed by atoms with Crippen LogP contribution in [0.1, 0.15) is 20.8 Å². The zero-order valence-corrected chi connectivity index (χ0v) is 7.72. The fourth-order valence-corrected chi connectivity index (χ4v) is 0.364. The molecule has 0 fully saturated rings. The molecule has 0 radical (unpaired) electrons. The van der Waals surface area contributed by atoms with Crippen LogP contribution in [0, 0.1) is 0 Å².